The topological polar surface area (TPSA) is 115 Å². The second kappa shape index (κ2) is 8.11. The minimum Gasteiger partial charge on any atom is -0.330 e. The van der Waals surface area contributed by atoms with Crippen LogP contribution in [0.4, 0.5) is 0 Å². The summed E-state index contributed by atoms with van der Waals surface area (Å²) in [5.74, 6) is -0.672. The van der Waals surface area contributed by atoms with Crippen molar-refractivity contribution in [3.8, 4) is 0 Å². The molecule has 0 heterocycles. The lowest BCUT2D eigenvalue weighted by atomic mass is 10.1. The zero-order chi connectivity index (χ0) is 15.9. The number of hydrogen-bond acceptors (Lipinski definition) is 5. The third-order valence-corrected chi connectivity index (χ3v) is 4.47. The van der Waals surface area contributed by atoms with Crippen LogP contribution in [-0.2, 0) is 21.2 Å². The lowest BCUT2D eigenvalue weighted by Gasteiger charge is -2.12. The Morgan fingerprint density at radius 2 is 1.90 bits per heavy atom. The van der Waals surface area contributed by atoms with Gasteiger partial charge in [-0.1, -0.05) is 31.9 Å². The fourth-order valence-electron chi connectivity index (χ4n) is 1.82. The van der Waals surface area contributed by atoms with Crippen molar-refractivity contribution in [2.24, 2.45) is 11.5 Å². The van der Waals surface area contributed by atoms with E-state index in [2.05, 4.69) is 0 Å². The number of carbonyl (C=O) groups is 1. The quantitative estimate of drug-likeness (QED) is 0.647. The first-order valence-electron chi connectivity index (χ1n) is 7.02. The lowest BCUT2D eigenvalue weighted by Crippen LogP contribution is -2.43. The average molecular weight is 313 g/mol. The van der Waals surface area contributed by atoms with Gasteiger partial charge in [-0.3, -0.25) is 4.79 Å². The van der Waals surface area contributed by atoms with Gasteiger partial charge < -0.3 is 11.5 Å². The molecule has 21 heavy (non-hydrogen) atoms. The van der Waals surface area contributed by atoms with E-state index in [0.717, 1.165) is 18.4 Å². The van der Waals surface area contributed by atoms with E-state index in [4.69, 9.17) is 11.5 Å². The normalized spacial score (nSPS) is 12.9. The molecule has 6 nitrogen and oxygen atoms in total. The molecule has 1 rings (SSSR count). The predicted molar refractivity (Wildman–Crippen MR) is 82.0 cm³/mol. The van der Waals surface area contributed by atoms with Crippen molar-refractivity contribution in [3.05, 3.63) is 29.8 Å². The first-order chi connectivity index (χ1) is 9.90. The maximum absolute atomic E-state index is 12.1. The van der Waals surface area contributed by atoms with Crippen LogP contribution in [0.25, 0.3) is 0 Å². The lowest BCUT2D eigenvalue weighted by molar-refractivity contribution is -0.120. The largest absolute Gasteiger partial charge is 0.330 e. The number of amides is 1. The summed E-state index contributed by atoms with van der Waals surface area (Å²) in [4.78, 5) is 11.8. The summed E-state index contributed by atoms with van der Waals surface area (Å²) in [5, 5.41) is 0. The monoisotopic (exact) mass is 313 g/mol. The van der Waals surface area contributed by atoms with Crippen LogP contribution in [0.1, 0.15) is 31.7 Å². The number of unbranched alkanes of at least 4 members (excludes halogenated alkanes) is 1. The molecule has 0 aromatic heterocycles. The molecule has 0 spiro atoms. The molecule has 0 fully saturated rings. The molecule has 0 aliphatic heterocycles. The Hall–Kier alpha value is -1.44. The average Bonchev–Trinajstić information content (AvgIpc) is 2.45. The number of hydrogen-bond donors (Lipinski definition) is 3. The van der Waals surface area contributed by atoms with Crippen LogP contribution < -0.4 is 16.2 Å². The minimum atomic E-state index is -3.87. The molecule has 7 heteroatoms. The Bertz CT molecular complexity index is 555. The van der Waals surface area contributed by atoms with Crippen molar-refractivity contribution in [1.82, 2.24) is 4.72 Å². The smallest absolute Gasteiger partial charge is 0.264 e. The Morgan fingerprint density at radius 1 is 1.29 bits per heavy atom. The van der Waals surface area contributed by atoms with Crippen LogP contribution in [0.2, 0.25) is 0 Å². The molecular weight excluding hydrogens is 290 g/mol. The molecule has 1 amide bonds. The zero-order valence-corrected chi connectivity index (χ0v) is 13.0. The van der Waals surface area contributed by atoms with E-state index in [9.17, 15) is 13.2 Å². The summed E-state index contributed by atoms with van der Waals surface area (Å²) < 4.78 is 26.2. The van der Waals surface area contributed by atoms with Gasteiger partial charge in [0.15, 0.2) is 0 Å². The highest BCUT2D eigenvalue weighted by Gasteiger charge is 2.21. The van der Waals surface area contributed by atoms with Gasteiger partial charge >= 0.3 is 0 Å². The third kappa shape index (κ3) is 5.45. The van der Waals surface area contributed by atoms with E-state index >= 15 is 0 Å². The second-order valence-electron chi connectivity index (χ2n) is 4.90. The fourth-order valence-corrected chi connectivity index (χ4v) is 2.85. The van der Waals surface area contributed by atoms with E-state index in [1.165, 1.54) is 12.1 Å². The van der Waals surface area contributed by atoms with Gasteiger partial charge in [-0.25, -0.2) is 13.1 Å². The third-order valence-electron chi connectivity index (χ3n) is 3.11. The molecule has 5 N–H and O–H groups in total. The van der Waals surface area contributed by atoms with Crippen LogP contribution in [0.5, 0.6) is 0 Å². The van der Waals surface area contributed by atoms with Crippen LogP contribution in [0.3, 0.4) is 0 Å². The summed E-state index contributed by atoms with van der Waals surface area (Å²) in [7, 11) is -3.87. The molecule has 0 aliphatic rings. The molecule has 0 saturated carbocycles. The Labute approximate surface area is 126 Å². The van der Waals surface area contributed by atoms with Crippen molar-refractivity contribution in [3.63, 3.8) is 0 Å². The maximum atomic E-state index is 12.1. The van der Waals surface area contributed by atoms with Gasteiger partial charge in [0.25, 0.3) is 15.9 Å². The highest BCUT2D eigenvalue weighted by Crippen LogP contribution is 2.11. The predicted octanol–water partition coefficient (Wildman–Crippen LogP) is 0.510. The molecule has 1 aromatic carbocycles. The SMILES string of the molecule is CCCCC(N)C(=O)NS(=O)(=O)c1ccc(CCN)cc1. The molecule has 1 unspecified atom stereocenters. The second-order valence-corrected chi connectivity index (χ2v) is 6.58. The number of carbonyl (C=O) groups excluding carboxylic acids is 1. The Morgan fingerprint density at radius 3 is 2.43 bits per heavy atom. The van der Waals surface area contributed by atoms with Crippen LogP contribution in [-0.4, -0.2) is 26.9 Å². The van der Waals surface area contributed by atoms with Crippen LogP contribution >= 0.6 is 0 Å². The molecule has 0 bridgehead atoms. The van der Waals surface area contributed by atoms with E-state index in [0.29, 0.717) is 19.4 Å². The van der Waals surface area contributed by atoms with Crippen molar-refractivity contribution in [1.29, 1.82) is 0 Å². The Kier molecular flexibility index (Phi) is 6.80. The van der Waals surface area contributed by atoms with E-state index in [1.54, 1.807) is 12.1 Å². The van der Waals surface area contributed by atoms with Crippen molar-refractivity contribution < 1.29 is 13.2 Å². The van der Waals surface area contributed by atoms with Gasteiger partial charge in [0.1, 0.15) is 0 Å². The highest BCUT2D eigenvalue weighted by molar-refractivity contribution is 7.90. The van der Waals surface area contributed by atoms with E-state index in [-0.39, 0.29) is 4.90 Å². The first kappa shape index (κ1) is 17.6. The van der Waals surface area contributed by atoms with Gasteiger partial charge in [-0.2, -0.15) is 0 Å². The summed E-state index contributed by atoms with van der Waals surface area (Å²) in [6.07, 6.45) is 2.82. The number of rotatable bonds is 8. The van der Waals surface area contributed by atoms with Crippen molar-refractivity contribution in [2.45, 2.75) is 43.5 Å². The van der Waals surface area contributed by atoms with Gasteiger partial charge in [-0.05, 0) is 37.1 Å². The van der Waals surface area contributed by atoms with Gasteiger partial charge in [-0.15, -0.1) is 0 Å². The molecule has 118 valence electrons. The molecule has 0 aliphatic carbocycles. The maximum Gasteiger partial charge on any atom is 0.264 e. The standard InChI is InChI=1S/C14H23N3O3S/c1-2-3-4-13(16)14(18)17-21(19,20)12-7-5-11(6-8-12)9-10-15/h5-8,13H,2-4,9-10,15-16H2,1H3,(H,17,18). The number of sulfonamides is 1. The van der Waals surface area contributed by atoms with Crippen LogP contribution in [0.15, 0.2) is 29.2 Å². The van der Waals surface area contributed by atoms with Gasteiger partial charge in [0.05, 0.1) is 10.9 Å². The minimum absolute atomic E-state index is 0.0410. The van der Waals surface area contributed by atoms with Crippen molar-refractivity contribution >= 4 is 15.9 Å². The molecule has 1 aromatic rings. The molecule has 1 atom stereocenters. The number of nitrogens with one attached hydrogen (secondary N) is 1. The summed E-state index contributed by atoms with van der Waals surface area (Å²) in [6.45, 7) is 2.47. The highest BCUT2D eigenvalue weighted by atomic mass is 32.2. The zero-order valence-electron chi connectivity index (χ0n) is 12.2. The van der Waals surface area contributed by atoms with Gasteiger partial charge in [0, 0.05) is 0 Å². The number of nitrogens with two attached hydrogens (primary N) is 2. The fraction of sp³-hybridized carbons (Fsp3) is 0.500. The van der Waals surface area contributed by atoms with E-state index < -0.39 is 22.0 Å². The molecule has 0 saturated heterocycles. The Balaban J connectivity index is 2.74. The summed E-state index contributed by atoms with van der Waals surface area (Å²) >= 11 is 0. The van der Waals surface area contributed by atoms with Gasteiger partial charge in [0.2, 0.25) is 0 Å². The number of benzene rings is 1. The molecular formula is C14H23N3O3S. The van der Waals surface area contributed by atoms with Crippen molar-refractivity contribution in [2.75, 3.05) is 6.54 Å². The molecule has 0 radical (unpaired) electrons. The van der Waals surface area contributed by atoms with Crippen LogP contribution in [0, 0.1) is 0 Å². The summed E-state index contributed by atoms with van der Waals surface area (Å²) in [5.41, 5.74) is 12.0. The first-order valence-corrected chi connectivity index (χ1v) is 8.50. The van der Waals surface area contributed by atoms with E-state index in [1.807, 2.05) is 11.6 Å². The summed E-state index contributed by atoms with van der Waals surface area (Å²) in [6, 6.07) is 5.47.